The van der Waals surface area contributed by atoms with Gasteiger partial charge in [0.1, 0.15) is 15.3 Å². The van der Waals surface area contributed by atoms with Crippen molar-refractivity contribution in [3.05, 3.63) is 115 Å². The van der Waals surface area contributed by atoms with Crippen LogP contribution in [0.15, 0.2) is 108 Å². The van der Waals surface area contributed by atoms with E-state index in [0.29, 0.717) is 0 Å². The molecule has 5 rings (SSSR count). The summed E-state index contributed by atoms with van der Waals surface area (Å²) in [5, 5.41) is 12.9. The van der Waals surface area contributed by atoms with Crippen molar-refractivity contribution in [1.82, 2.24) is 16.0 Å². The number of rotatable bonds is 5. The van der Waals surface area contributed by atoms with Gasteiger partial charge in [-0.15, -0.1) is 0 Å². The lowest BCUT2D eigenvalue weighted by atomic mass is 10.1. The Balaban J connectivity index is 1.30. The lowest BCUT2D eigenvalue weighted by Crippen LogP contribution is -2.60. The van der Waals surface area contributed by atoms with Gasteiger partial charge in [0.05, 0.1) is 12.3 Å². The number of halogens is 1. The van der Waals surface area contributed by atoms with Crippen LogP contribution in [0, 0.1) is 0 Å². The predicted molar refractivity (Wildman–Crippen MR) is 141 cm³/mol. The average Bonchev–Trinajstić information content (AvgIpc) is 3.20. The second-order valence-corrected chi connectivity index (χ2v) is 9.01. The summed E-state index contributed by atoms with van der Waals surface area (Å²) in [7, 11) is 0. The molecule has 160 valence electrons. The number of hydrogen-bond acceptors (Lipinski definition) is 4. The fourth-order valence-electron chi connectivity index (χ4n) is 3.95. The summed E-state index contributed by atoms with van der Waals surface area (Å²) in [6, 6.07) is 24.8. The number of nitrogens with one attached hydrogen (secondary N) is 3. The fraction of sp³-hybridized carbons (Fsp3) is 0.111. The molecule has 1 saturated heterocycles. The van der Waals surface area contributed by atoms with Gasteiger partial charge in [-0.2, -0.15) is 0 Å². The molecule has 0 aliphatic carbocycles. The summed E-state index contributed by atoms with van der Waals surface area (Å²) in [6.45, 7) is 4.14. The number of benzene rings is 3. The molecule has 1 aliphatic rings. The zero-order chi connectivity index (χ0) is 21.9. The van der Waals surface area contributed by atoms with Crippen LogP contribution in [0.4, 0.5) is 0 Å². The van der Waals surface area contributed by atoms with Gasteiger partial charge < -0.3 is 4.42 Å². The number of hydrogen-bond donors (Lipinski definition) is 3. The van der Waals surface area contributed by atoms with Crippen molar-refractivity contribution in [2.45, 2.75) is 16.5 Å². The van der Waals surface area contributed by atoms with Crippen LogP contribution in [-0.2, 0) is 0 Å². The molecule has 3 atom stereocenters. The number of furan rings is 1. The molecule has 1 fully saturated rings. The SMILES string of the molecule is C=C(/C=C\C=C\C1NC(I)NC(c2ccc3c(c2)oc2ccccc23)N1)c1ccccc1. The first-order chi connectivity index (χ1) is 15.7. The van der Waals surface area contributed by atoms with Crippen LogP contribution in [-0.4, -0.2) is 10.3 Å². The molecule has 2 heterocycles. The molecule has 0 bridgehead atoms. The monoisotopic (exact) mass is 533 g/mol. The highest BCUT2D eigenvalue weighted by Gasteiger charge is 2.25. The van der Waals surface area contributed by atoms with E-state index in [2.05, 4.69) is 87.6 Å². The highest BCUT2D eigenvalue weighted by Crippen LogP contribution is 2.30. The van der Waals surface area contributed by atoms with Crippen molar-refractivity contribution in [2.75, 3.05) is 0 Å². The Hall–Kier alpha value is -2.71. The van der Waals surface area contributed by atoms with E-state index in [1.165, 1.54) is 0 Å². The Bertz CT molecular complexity index is 1310. The zero-order valence-electron chi connectivity index (χ0n) is 17.5. The van der Waals surface area contributed by atoms with Gasteiger partial charge in [-0.25, -0.2) is 0 Å². The Labute approximate surface area is 201 Å². The minimum Gasteiger partial charge on any atom is -0.456 e. The molecule has 32 heavy (non-hydrogen) atoms. The molecule has 1 aliphatic heterocycles. The first-order valence-corrected chi connectivity index (χ1v) is 11.8. The number of fused-ring (bicyclic) bond motifs is 3. The van der Waals surface area contributed by atoms with Crippen molar-refractivity contribution >= 4 is 50.1 Å². The summed E-state index contributed by atoms with van der Waals surface area (Å²) in [5.41, 5.74) is 5.09. The van der Waals surface area contributed by atoms with Gasteiger partial charge in [0.25, 0.3) is 0 Å². The van der Waals surface area contributed by atoms with Crippen LogP contribution >= 0.6 is 22.6 Å². The van der Waals surface area contributed by atoms with Gasteiger partial charge in [-0.05, 0) is 51.4 Å². The summed E-state index contributed by atoms with van der Waals surface area (Å²) >= 11 is 2.37. The number of allylic oxidation sites excluding steroid dienone is 4. The van der Waals surface area contributed by atoms with E-state index in [4.69, 9.17) is 4.42 Å². The number of alkyl halides is 1. The van der Waals surface area contributed by atoms with E-state index in [1.807, 2.05) is 54.6 Å². The Morgan fingerprint density at radius 2 is 1.62 bits per heavy atom. The molecular formula is C27H24IN3O. The summed E-state index contributed by atoms with van der Waals surface area (Å²) in [5.74, 6) is 0. The largest absolute Gasteiger partial charge is 0.456 e. The zero-order valence-corrected chi connectivity index (χ0v) is 19.6. The molecule has 3 aromatic carbocycles. The third-order valence-corrected chi connectivity index (χ3v) is 6.30. The lowest BCUT2D eigenvalue weighted by molar-refractivity contribution is 0.288. The lowest BCUT2D eigenvalue weighted by Gasteiger charge is -2.35. The van der Waals surface area contributed by atoms with Crippen LogP contribution in [0.3, 0.4) is 0 Å². The highest BCUT2D eigenvalue weighted by atomic mass is 127. The van der Waals surface area contributed by atoms with Crippen LogP contribution in [0.2, 0.25) is 0 Å². The topological polar surface area (TPSA) is 49.2 Å². The van der Waals surface area contributed by atoms with Crippen LogP contribution in [0.1, 0.15) is 17.3 Å². The van der Waals surface area contributed by atoms with E-state index >= 15 is 0 Å². The maximum absolute atomic E-state index is 6.07. The first kappa shape index (κ1) is 21.2. The van der Waals surface area contributed by atoms with E-state index in [1.54, 1.807) is 0 Å². The summed E-state index contributed by atoms with van der Waals surface area (Å²) < 4.78 is 6.20. The maximum atomic E-state index is 6.07. The summed E-state index contributed by atoms with van der Waals surface area (Å²) in [6.07, 6.45) is 8.26. The van der Waals surface area contributed by atoms with E-state index in [0.717, 1.165) is 38.6 Å². The van der Waals surface area contributed by atoms with Crippen LogP contribution in [0.5, 0.6) is 0 Å². The second kappa shape index (κ2) is 9.42. The Morgan fingerprint density at radius 3 is 2.50 bits per heavy atom. The van der Waals surface area contributed by atoms with Crippen molar-refractivity contribution in [1.29, 1.82) is 0 Å². The Morgan fingerprint density at radius 1 is 0.844 bits per heavy atom. The third kappa shape index (κ3) is 4.56. The number of para-hydroxylation sites is 1. The molecule has 0 saturated carbocycles. The van der Waals surface area contributed by atoms with E-state index in [-0.39, 0.29) is 16.5 Å². The standard InChI is InChI=1S/C27H24IN3O/c1-18(19-10-3-2-4-11-19)9-5-8-14-25-29-26(31-27(28)30-25)20-15-16-22-21-12-6-7-13-23(21)32-24(22)17-20/h2-17,25-27,29-31H,1H2/b9-5-,14-8+. The second-order valence-electron chi connectivity index (χ2n) is 7.76. The van der Waals surface area contributed by atoms with Gasteiger partial charge in [-0.3, -0.25) is 16.0 Å². The van der Waals surface area contributed by atoms with Crippen LogP contribution < -0.4 is 16.0 Å². The van der Waals surface area contributed by atoms with Gasteiger partial charge in [0.2, 0.25) is 0 Å². The van der Waals surface area contributed by atoms with Crippen molar-refractivity contribution in [3.8, 4) is 0 Å². The molecule has 4 nitrogen and oxygen atoms in total. The van der Waals surface area contributed by atoms with E-state index in [9.17, 15) is 0 Å². The molecule has 3 N–H and O–H groups in total. The van der Waals surface area contributed by atoms with Crippen LogP contribution in [0.25, 0.3) is 27.5 Å². The quantitative estimate of drug-likeness (QED) is 0.123. The highest BCUT2D eigenvalue weighted by molar-refractivity contribution is 14.1. The van der Waals surface area contributed by atoms with Gasteiger partial charge in [-0.1, -0.05) is 91.5 Å². The smallest absolute Gasteiger partial charge is 0.135 e. The van der Waals surface area contributed by atoms with Crippen molar-refractivity contribution < 1.29 is 4.42 Å². The molecule has 0 radical (unpaired) electrons. The van der Waals surface area contributed by atoms with Crippen molar-refractivity contribution in [3.63, 3.8) is 0 Å². The Kier molecular flexibility index (Phi) is 6.23. The molecule has 4 aromatic rings. The molecule has 5 heteroatoms. The first-order valence-electron chi connectivity index (χ1n) is 10.6. The van der Waals surface area contributed by atoms with Gasteiger partial charge in [0.15, 0.2) is 0 Å². The average molecular weight is 533 g/mol. The van der Waals surface area contributed by atoms with Crippen molar-refractivity contribution in [2.24, 2.45) is 0 Å². The fourth-order valence-corrected chi connectivity index (χ4v) is 4.70. The predicted octanol–water partition coefficient (Wildman–Crippen LogP) is 6.24. The molecule has 1 aromatic heterocycles. The molecule has 0 amide bonds. The minimum absolute atomic E-state index is 0.00803. The minimum atomic E-state index is 0.00803. The molecule has 0 spiro atoms. The van der Waals surface area contributed by atoms with E-state index < -0.39 is 0 Å². The molecular weight excluding hydrogens is 509 g/mol. The van der Waals surface area contributed by atoms with Gasteiger partial charge >= 0.3 is 0 Å². The normalized spacial score (nSPS) is 21.7. The third-order valence-electron chi connectivity index (χ3n) is 5.58. The van der Waals surface area contributed by atoms with Gasteiger partial charge in [0, 0.05) is 10.8 Å². The summed E-state index contributed by atoms with van der Waals surface area (Å²) in [4.78, 5) is 0. The molecule has 3 unspecified atom stereocenters. The maximum Gasteiger partial charge on any atom is 0.135 e.